The van der Waals surface area contributed by atoms with Gasteiger partial charge in [-0.05, 0) is 54.0 Å². The standard InChI is InChI=1S/C18H20BrNO4/c1-3-22-16-10-9-13(11-17(16)23-4-2)20-18(21)12-24-15-8-6-5-7-14(15)19/h5-11H,3-4,12H2,1-2H3,(H,20,21). The van der Waals surface area contributed by atoms with Gasteiger partial charge in [-0.25, -0.2) is 0 Å². The van der Waals surface area contributed by atoms with Crippen molar-refractivity contribution in [2.24, 2.45) is 0 Å². The molecule has 2 aromatic rings. The summed E-state index contributed by atoms with van der Waals surface area (Å²) in [5.74, 6) is 1.62. The molecule has 1 N–H and O–H groups in total. The van der Waals surface area contributed by atoms with Crippen molar-refractivity contribution in [3.8, 4) is 17.2 Å². The molecule has 0 aromatic heterocycles. The van der Waals surface area contributed by atoms with E-state index in [1.54, 1.807) is 24.3 Å². The fourth-order valence-electron chi connectivity index (χ4n) is 2.03. The molecule has 0 spiro atoms. The molecule has 2 aromatic carbocycles. The Bertz CT molecular complexity index is 690. The number of anilines is 1. The molecule has 6 heteroatoms. The zero-order chi connectivity index (χ0) is 17.4. The number of hydrogen-bond donors (Lipinski definition) is 1. The minimum absolute atomic E-state index is 0.0835. The summed E-state index contributed by atoms with van der Waals surface area (Å²) in [6.07, 6.45) is 0. The summed E-state index contributed by atoms with van der Waals surface area (Å²) in [6, 6.07) is 12.7. The molecule has 128 valence electrons. The van der Waals surface area contributed by atoms with Gasteiger partial charge in [0.05, 0.1) is 17.7 Å². The Morgan fingerprint density at radius 3 is 2.38 bits per heavy atom. The fraction of sp³-hybridized carbons (Fsp3) is 0.278. The fourth-order valence-corrected chi connectivity index (χ4v) is 2.43. The third-order valence-corrected chi connectivity index (χ3v) is 3.68. The van der Waals surface area contributed by atoms with E-state index in [-0.39, 0.29) is 12.5 Å². The highest BCUT2D eigenvalue weighted by molar-refractivity contribution is 9.10. The first-order chi connectivity index (χ1) is 11.6. The van der Waals surface area contributed by atoms with Crippen molar-refractivity contribution < 1.29 is 19.0 Å². The van der Waals surface area contributed by atoms with Crippen LogP contribution in [0.2, 0.25) is 0 Å². The molecule has 24 heavy (non-hydrogen) atoms. The van der Waals surface area contributed by atoms with Crippen molar-refractivity contribution in [3.05, 3.63) is 46.9 Å². The van der Waals surface area contributed by atoms with Gasteiger partial charge in [0.1, 0.15) is 5.75 Å². The summed E-state index contributed by atoms with van der Waals surface area (Å²) >= 11 is 3.38. The lowest BCUT2D eigenvalue weighted by Crippen LogP contribution is -2.20. The van der Waals surface area contributed by atoms with Crippen LogP contribution in [0.5, 0.6) is 17.2 Å². The van der Waals surface area contributed by atoms with Gasteiger partial charge in [-0.1, -0.05) is 12.1 Å². The first-order valence-corrected chi connectivity index (χ1v) is 8.50. The van der Waals surface area contributed by atoms with Gasteiger partial charge in [-0.15, -0.1) is 0 Å². The molecule has 0 bridgehead atoms. The molecular weight excluding hydrogens is 374 g/mol. The molecule has 0 radical (unpaired) electrons. The van der Waals surface area contributed by atoms with Gasteiger partial charge in [-0.3, -0.25) is 4.79 Å². The Balaban J connectivity index is 1.98. The zero-order valence-electron chi connectivity index (χ0n) is 13.7. The molecular formula is C18H20BrNO4. The Kier molecular flexibility index (Phi) is 6.93. The van der Waals surface area contributed by atoms with Crippen LogP contribution in [0.15, 0.2) is 46.9 Å². The summed E-state index contributed by atoms with van der Waals surface area (Å²) in [5.41, 5.74) is 0.627. The Hall–Kier alpha value is -2.21. The third kappa shape index (κ3) is 5.16. The van der Waals surface area contributed by atoms with Crippen LogP contribution in [-0.4, -0.2) is 25.7 Å². The molecule has 2 rings (SSSR count). The number of para-hydroxylation sites is 1. The second kappa shape index (κ2) is 9.17. The molecule has 5 nitrogen and oxygen atoms in total. The van der Waals surface area contributed by atoms with E-state index in [1.165, 1.54) is 0 Å². The number of halogens is 1. The first-order valence-electron chi connectivity index (χ1n) is 7.70. The van der Waals surface area contributed by atoms with Crippen LogP contribution in [0.25, 0.3) is 0 Å². The monoisotopic (exact) mass is 393 g/mol. The average Bonchev–Trinajstić information content (AvgIpc) is 2.57. The van der Waals surface area contributed by atoms with Crippen LogP contribution in [0.3, 0.4) is 0 Å². The Morgan fingerprint density at radius 1 is 0.958 bits per heavy atom. The normalized spacial score (nSPS) is 10.1. The molecule has 0 fully saturated rings. The topological polar surface area (TPSA) is 56.8 Å². The van der Waals surface area contributed by atoms with E-state index in [9.17, 15) is 4.79 Å². The molecule has 0 aliphatic heterocycles. The maximum atomic E-state index is 12.1. The van der Waals surface area contributed by atoms with Crippen molar-refractivity contribution in [2.45, 2.75) is 13.8 Å². The number of rotatable bonds is 8. The third-order valence-electron chi connectivity index (χ3n) is 3.02. The highest BCUT2D eigenvalue weighted by Gasteiger charge is 2.09. The largest absolute Gasteiger partial charge is 0.490 e. The average molecular weight is 394 g/mol. The minimum atomic E-state index is -0.252. The van der Waals surface area contributed by atoms with Crippen molar-refractivity contribution in [3.63, 3.8) is 0 Å². The van der Waals surface area contributed by atoms with E-state index in [2.05, 4.69) is 21.2 Å². The summed E-state index contributed by atoms with van der Waals surface area (Å²) in [4.78, 5) is 12.1. The predicted octanol–water partition coefficient (Wildman–Crippen LogP) is 4.26. The first kappa shape index (κ1) is 18.1. The molecule has 0 aliphatic rings. The SMILES string of the molecule is CCOc1ccc(NC(=O)COc2ccccc2Br)cc1OCC. The lowest BCUT2D eigenvalue weighted by atomic mass is 10.2. The number of nitrogens with one attached hydrogen (secondary N) is 1. The van der Waals surface area contributed by atoms with Gasteiger partial charge in [0.25, 0.3) is 5.91 Å². The summed E-state index contributed by atoms with van der Waals surface area (Å²) < 4.78 is 17.3. The van der Waals surface area contributed by atoms with Crippen molar-refractivity contribution in [1.82, 2.24) is 0 Å². The molecule has 0 atom stereocenters. The lowest BCUT2D eigenvalue weighted by molar-refractivity contribution is -0.118. The molecule has 0 aliphatic carbocycles. The smallest absolute Gasteiger partial charge is 0.262 e. The summed E-state index contributed by atoms with van der Waals surface area (Å²) in [5, 5.41) is 2.78. The van der Waals surface area contributed by atoms with Gasteiger partial charge in [-0.2, -0.15) is 0 Å². The summed E-state index contributed by atoms with van der Waals surface area (Å²) in [6.45, 7) is 4.78. The number of carbonyl (C=O) groups is 1. The van der Waals surface area contributed by atoms with Gasteiger partial charge >= 0.3 is 0 Å². The number of benzene rings is 2. The number of carbonyl (C=O) groups excluding carboxylic acids is 1. The Morgan fingerprint density at radius 2 is 1.67 bits per heavy atom. The second-order valence-electron chi connectivity index (χ2n) is 4.79. The van der Waals surface area contributed by atoms with Crippen molar-refractivity contribution in [2.75, 3.05) is 25.1 Å². The van der Waals surface area contributed by atoms with Crippen LogP contribution in [0.1, 0.15) is 13.8 Å². The molecule has 0 unspecified atom stereocenters. The molecule has 0 saturated heterocycles. The van der Waals surface area contributed by atoms with Gasteiger partial charge in [0.2, 0.25) is 0 Å². The maximum Gasteiger partial charge on any atom is 0.262 e. The highest BCUT2D eigenvalue weighted by atomic mass is 79.9. The van der Waals surface area contributed by atoms with E-state index in [1.807, 2.05) is 32.0 Å². The minimum Gasteiger partial charge on any atom is -0.490 e. The van der Waals surface area contributed by atoms with E-state index in [4.69, 9.17) is 14.2 Å². The van der Waals surface area contributed by atoms with Gasteiger partial charge in [0.15, 0.2) is 18.1 Å². The molecule has 0 saturated carbocycles. The van der Waals surface area contributed by atoms with E-state index >= 15 is 0 Å². The summed E-state index contributed by atoms with van der Waals surface area (Å²) in [7, 11) is 0. The lowest BCUT2D eigenvalue weighted by Gasteiger charge is -2.13. The number of hydrogen-bond acceptors (Lipinski definition) is 4. The van der Waals surface area contributed by atoms with Crippen LogP contribution >= 0.6 is 15.9 Å². The van der Waals surface area contributed by atoms with Crippen molar-refractivity contribution in [1.29, 1.82) is 0 Å². The van der Waals surface area contributed by atoms with E-state index < -0.39 is 0 Å². The van der Waals surface area contributed by atoms with Crippen molar-refractivity contribution >= 4 is 27.5 Å². The van der Waals surface area contributed by atoms with Crippen LogP contribution in [0.4, 0.5) is 5.69 Å². The zero-order valence-corrected chi connectivity index (χ0v) is 15.3. The second-order valence-corrected chi connectivity index (χ2v) is 5.65. The maximum absolute atomic E-state index is 12.1. The van der Waals surface area contributed by atoms with Gasteiger partial charge < -0.3 is 19.5 Å². The molecule has 1 amide bonds. The van der Waals surface area contributed by atoms with Crippen LogP contribution in [-0.2, 0) is 4.79 Å². The molecule has 0 heterocycles. The van der Waals surface area contributed by atoms with Crippen LogP contribution < -0.4 is 19.5 Å². The van der Waals surface area contributed by atoms with Gasteiger partial charge in [0, 0.05) is 11.8 Å². The predicted molar refractivity (Wildman–Crippen MR) is 97.0 cm³/mol. The van der Waals surface area contributed by atoms with E-state index in [0.29, 0.717) is 36.1 Å². The number of ether oxygens (including phenoxy) is 3. The Labute approximate surface area is 150 Å². The van der Waals surface area contributed by atoms with Crippen LogP contribution in [0, 0.1) is 0 Å². The quantitative estimate of drug-likeness (QED) is 0.727. The van der Waals surface area contributed by atoms with E-state index in [0.717, 1.165) is 4.47 Å². The number of amides is 1. The highest BCUT2D eigenvalue weighted by Crippen LogP contribution is 2.30.